The summed E-state index contributed by atoms with van der Waals surface area (Å²) in [5.74, 6) is -0.141. The molecule has 1 aromatic rings. The SMILES string of the molecule is CCOCCOc1c[c-]ccc1F.[Br-].[Mg+2]. The van der Waals surface area contributed by atoms with Crippen molar-refractivity contribution in [1.29, 1.82) is 0 Å². The maximum Gasteiger partial charge on any atom is 2.00 e. The molecule has 15 heavy (non-hydrogen) atoms. The normalized spacial score (nSPS) is 8.67. The van der Waals surface area contributed by atoms with Gasteiger partial charge in [0.25, 0.3) is 0 Å². The van der Waals surface area contributed by atoms with E-state index in [0.717, 1.165) is 0 Å². The molecule has 0 saturated carbocycles. The molecule has 0 spiro atoms. The van der Waals surface area contributed by atoms with Crippen molar-refractivity contribution < 1.29 is 30.8 Å². The third-order valence-corrected chi connectivity index (χ3v) is 1.47. The van der Waals surface area contributed by atoms with Crippen LogP contribution in [0.15, 0.2) is 18.2 Å². The van der Waals surface area contributed by atoms with Crippen molar-refractivity contribution in [2.45, 2.75) is 6.92 Å². The van der Waals surface area contributed by atoms with E-state index in [4.69, 9.17) is 9.47 Å². The Labute approximate surface area is 116 Å². The second-order valence-corrected chi connectivity index (χ2v) is 2.40. The number of halogens is 2. The minimum atomic E-state index is -0.366. The first kappa shape index (κ1) is 17.5. The zero-order valence-electron chi connectivity index (χ0n) is 8.63. The molecular weight excluding hydrogens is 275 g/mol. The molecular formula is C10H12BrFMgO2. The van der Waals surface area contributed by atoms with E-state index in [1.807, 2.05) is 6.92 Å². The molecule has 0 aliphatic carbocycles. The third-order valence-electron chi connectivity index (χ3n) is 1.47. The van der Waals surface area contributed by atoms with Gasteiger partial charge >= 0.3 is 23.1 Å². The van der Waals surface area contributed by atoms with Gasteiger partial charge in [0.15, 0.2) is 0 Å². The Hall–Kier alpha value is 0.156. The second kappa shape index (κ2) is 10.7. The molecule has 5 heteroatoms. The van der Waals surface area contributed by atoms with Gasteiger partial charge in [-0.3, -0.25) is 0 Å². The molecule has 0 bridgehead atoms. The minimum absolute atomic E-state index is 0. The summed E-state index contributed by atoms with van der Waals surface area (Å²) in [6.45, 7) is 3.39. The molecule has 0 N–H and O–H groups in total. The summed E-state index contributed by atoms with van der Waals surface area (Å²) in [6, 6.07) is 7.03. The largest absolute Gasteiger partial charge is 2.00 e. The fourth-order valence-electron chi connectivity index (χ4n) is 0.862. The van der Waals surface area contributed by atoms with Crippen molar-refractivity contribution in [3.05, 3.63) is 30.1 Å². The summed E-state index contributed by atoms with van der Waals surface area (Å²) < 4.78 is 23.1. The van der Waals surface area contributed by atoms with Gasteiger partial charge in [0.2, 0.25) is 0 Å². The average Bonchev–Trinajstić information content (AvgIpc) is 2.15. The molecule has 0 aliphatic rings. The van der Waals surface area contributed by atoms with E-state index in [2.05, 4.69) is 6.07 Å². The van der Waals surface area contributed by atoms with Crippen molar-refractivity contribution in [3.63, 3.8) is 0 Å². The van der Waals surface area contributed by atoms with E-state index in [0.29, 0.717) is 19.8 Å². The average molecular weight is 287 g/mol. The zero-order chi connectivity index (χ0) is 9.52. The van der Waals surface area contributed by atoms with Crippen LogP contribution in [-0.2, 0) is 4.74 Å². The number of hydrogen-bond acceptors (Lipinski definition) is 2. The smallest absolute Gasteiger partial charge is 1.00 e. The molecule has 80 valence electrons. The molecule has 1 aromatic carbocycles. The van der Waals surface area contributed by atoms with E-state index < -0.39 is 0 Å². The van der Waals surface area contributed by atoms with Crippen LogP contribution in [0.2, 0.25) is 0 Å². The topological polar surface area (TPSA) is 18.5 Å². The van der Waals surface area contributed by atoms with Crippen LogP contribution in [0.3, 0.4) is 0 Å². The Bertz CT molecular complexity index is 261. The van der Waals surface area contributed by atoms with Crippen LogP contribution in [-0.4, -0.2) is 42.9 Å². The van der Waals surface area contributed by atoms with Gasteiger partial charge in [-0.15, -0.1) is 12.1 Å². The van der Waals surface area contributed by atoms with E-state index >= 15 is 0 Å². The van der Waals surface area contributed by atoms with Crippen LogP contribution in [0.5, 0.6) is 5.75 Å². The molecule has 0 radical (unpaired) electrons. The second-order valence-electron chi connectivity index (χ2n) is 2.40. The Morgan fingerprint density at radius 1 is 1.40 bits per heavy atom. The zero-order valence-corrected chi connectivity index (χ0v) is 11.6. The van der Waals surface area contributed by atoms with E-state index in [1.54, 1.807) is 0 Å². The summed E-state index contributed by atoms with van der Waals surface area (Å²) >= 11 is 0. The van der Waals surface area contributed by atoms with Crippen LogP contribution >= 0.6 is 0 Å². The van der Waals surface area contributed by atoms with Gasteiger partial charge in [-0.25, -0.2) is 4.39 Å². The molecule has 0 saturated heterocycles. The van der Waals surface area contributed by atoms with Gasteiger partial charge < -0.3 is 26.5 Å². The summed E-state index contributed by atoms with van der Waals surface area (Å²) in [6.07, 6.45) is 0. The van der Waals surface area contributed by atoms with Crippen LogP contribution in [0.4, 0.5) is 4.39 Å². The van der Waals surface area contributed by atoms with Crippen molar-refractivity contribution in [2.75, 3.05) is 19.8 Å². The molecule has 0 amide bonds. The number of benzene rings is 1. The van der Waals surface area contributed by atoms with E-state index in [1.165, 1.54) is 18.2 Å². The van der Waals surface area contributed by atoms with Gasteiger partial charge in [-0.2, -0.15) is 12.1 Å². The van der Waals surface area contributed by atoms with Gasteiger partial charge in [-0.05, 0) is 6.92 Å². The summed E-state index contributed by atoms with van der Waals surface area (Å²) in [7, 11) is 0. The first-order valence-corrected chi connectivity index (χ1v) is 4.20. The van der Waals surface area contributed by atoms with Crippen molar-refractivity contribution in [1.82, 2.24) is 0 Å². The Morgan fingerprint density at radius 3 is 2.73 bits per heavy atom. The third kappa shape index (κ3) is 7.11. The molecule has 0 unspecified atom stereocenters. The van der Waals surface area contributed by atoms with Crippen LogP contribution in [0, 0.1) is 11.9 Å². The molecule has 0 aliphatic heterocycles. The number of rotatable bonds is 5. The molecule has 1 rings (SSSR count). The monoisotopic (exact) mass is 286 g/mol. The van der Waals surface area contributed by atoms with Gasteiger partial charge in [0, 0.05) is 12.4 Å². The van der Waals surface area contributed by atoms with Crippen molar-refractivity contribution in [3.8, 4) is 5.75 Å². The number of ether oxygens (including phenoxy) is 2. The molecule has 2 nitrogen and oxygen atoms in total. The predicted octanol–water partition coefficient (Wildman–Crippen LogP) is -1.34. The van der Waals surface area contributed by atoms with Crippen LogP contribution < -0.4 is 21.7 Å². The minimum Gasteiger partial charge on any atom is -1.00 e. The summed E-state index contributed by atoms with van der Waals surface area (Å²) in [5.41, 5.74) is 0. The molecule has 0 fully saturated rings. The van der Waals surface area contributed by atoms with Crippen molar-refractivity contribution in [2.24, 2.45) is 0 Å². The predicted molar refractivity (Wildman–Crippen MR) is 53.0 cm³/mol. The van der Waals surface area contributed by atoms with Crippen molar-refractivity contribution >= 4 is 23.1 Å². The van der Waals surface area contributed by atoms with Gasteiger partial charge in [0.1, 0.15) is 0 Å². The Balaban J connectivity index is 0. The van der Waals surface area contributed by atoms with E-state index in [-0.39, 0.29) is 51.6 Å². The van der Waals surface area contributed by atoms with Gasteiger partial charge in [-0.1, -0.05) is 0 Å². The molecule has 0 aromatic heterocycles. The Morgan fingerprint density at radius 2 is 2.13 bits per heavy atom. The first-order valence-electron chi connectivity index (χ1n) is 4.20. The van der Waals surface area contributed by atoms with E-state index in [9.17, 15) is 4.39 Å². The maximum atomic E-state index is 12.9. The first-order chi connectivity index (χ1) is 6.34. The standard InChI is InChI=1S/C10H12FO2.BrH.Mg/c1-2-12-7-8-13-10-6-4-3-5-9(10)11;;/h3,5-6H,2,7-8H2,1H3;1H;/q-1;;+2/p-1. The number of hydrogen-bond donors (Lipinski definition) is 0. The fraction of sp³-hybridized carbons (Fsp3) is 0.400. The molecule has 0 heterocycles. The van der Waals surface area contributed by atoms with Gasteiger partial charge in [0.05, 0.1) is 19.0 Å². The quantitative estimate of drug-likeness (QED) is 0.379. The maximum absolute atomic E-state index is 12.9. The summed E-state index contributed by atoms with van der Waals surface area (Å²) in [4.78, 5) is 0. The van der Waals surface area contributed by atoms with Crippen LogP contribution in [0.1, 0.15) is 6.92 Å². The van der Waals surface area contributed by atoms with Crippen LogP contribution in [0.25, 0.3) is 0 Å². The summed E-state index contributed by atoms with van der Waals surface area (Å²) in [5, 5.41) is 0. The fourth-order valence-corrected chi connectivity index (χ4v) is 0.862. The molecule has 0 atom stereocenters. The Kier molecular flexibility index (Phi) is 12.5.